The van der Waals surface area contributed by atoms with E-state index in [9.17, 15) is 4.39 Å². The van der Waals surface area contributed by atoms with Crippen LogP contribution in [0.4, 0.5) is 4.39 Å². The van der Waals surface area contributed by atoms with Gasteiger partial charge in [-0.3, -0.25) is 0 Å². The van der Waals surface area contributed by atoms with E-state index < -0.39 is 0 Å². The van der Waals surface area contributed by atoms with Gasteiger partial charge < -0.3 is 0 Å². The van der Waals surface area contributed by atoms with Crippen molar-refractivity contribution in [1.82, 2.24) is 0 Å². The number of benzene rings is 2. The molecular formula is C16H15F. The summed E-state index contributed by atoms with van der Waals surface area (Å²) in [6.07, 6.45) is 6.20. The van der Waals surface area contributed by atoms with Gasteiger partial charge in [-0.05, 0) is 36.1 Å². The third-order valence-corrected chi connectivity index (χ3v) is 2.62. The number of aryl methyl sites for hydroxylation is 1. The predicted molar refractivity (Wildman–Crippen MR) is 70.2 cm³/mol. The second-order valence-corrected chi connectivity index (χ2v) is 3.98. The SMILES string of the molecule is Fc1ccc(C=CCCc2ccccc2)cc1. The van der Waals surface area contributed by atoms with Crippen LogP contribution in [0.2, 0.25) is 0 Å². The minimum absolute atomic E-state index is 0.188. The zero-order chi connectivity index (χ0) is 11.9. The Hall–Kier alpha value is -1.89. The molecule has 0 bridgehead atoms. The third kappa shape index (κ3) is 3.87. The van der Waals surface area contributed by atoms with Crippen molar-refractivity contribution in [2.75, 3.05) is 0 Å². The first-order valence-electron chi connectivity index (χ1n) is 5.80. The van der Waals surface area contributed by atoms with Crippen LogP contribution in [0.25, 0.3) is 6.08 Å². The van der Waals surface area contributed by atoms with E-state index in [1.54, 1.807) is 12.1 Å². The fourth-order valence-electron chi connectivity index (χ4n) is 1.69. The van der Waals surface area contributed by atoms with Gasteiger partial charge in [-0.25, -0.2) is 4.39 Å². The summed E-state index contributed by atoms with van der Waals surface area (Å²) in [4.78, 5) is 0. The van der Waals surface area contributed by atoms with Crippen molar-refractivity contribution in [3.8, 4) is 0 Å². The average Bonchev–Trinajstić information content (AvgIpc) is 2.38. The molecule has 2 rings (SSSR count). The molecule has 0 aliphatic rings. The summed E-state index contributed by atoms with van der Waals surface area (Å²) in [7, 11) is 0. The monoisotopic (exact) mass is 226 g/mol. The summed E-state index contributed by atoms with van der Waals surface area (Å²) >= 11 is 0. The van der Waals surface area contributed by atoms with E-state index >= 15 is 0 Å². The Bertz CT molecular complexity index is 469. The van der Waals surface area contributed by atoms with Crippen LogP contribution in [0.15, 0.2) is 60.7 Å². The topological polar surface area (TPSA) is 0 Å². The largest absolute Gasteiger partial charge is 0.207 e. The van der Waals surface area contributed by atoms with E-state index in [2.05, 4.69) is 30.3 Å². The fraction of sp³-hybridized carbons (Fsp3) is 0.125. The molecule has 86 valence electrons. The van der Waals surface area contributed by atoms with Crippen molar-refractivity contribution in [3.05, 3.63) is 77.6 Å². The van der Waals surface area contributed by atoms with Crippen LogP contribution in [0.1, 0.15) is 17.5 Å². The van der Waals surface area contributed by atoms with Crippen LogP contribution < -0.4 is 0 Å². The number of hydrogen-bond donors (Lipinski definition) is 0. The predicted octanol–water partition coefficient (Wildman–Crippen LogP) is 4.47. The van der Waals surface area contributed by atoms with Crippen molar-refractivity contribution >= 4 is 6.08 Å². The average molecular weight is 226 g/mol. The molecule has 0 heterocycles. The molecule has 1 heteroatoms. The van der Waals surface area contributed by atoms with Crippen molar-refractivity contribution in [3.63, 3.8) is 0 Å². The number of hydrogen-bond acceptors (Lipinski definition) is 0. The second kappa shape index (κ2) is 6.00. The zero-order valence-corrected chi connectivity index (χ0v) is 9.64. The first-order valence-corrected chi connectivity index (χ1v) is 5.80. The molecule has 0 atom stereocenters. The third-order valence-electron chi connectivity index (χ3n) is 2.62. The van der Waals surface area contributed by atoms with Crippen molar-refractivity contribution in [1.29, 1.82) is 0 Å². The van der Waals surface area contributed by atoms with Gasteiger partial charge in [0.05, 0.1) is 0 Å². The molecule has 2 aromatic rings. The highest BCUT2D eigenvalue weighted by molar-refractivity contribution is 5.48. The molecule has 0 amide bonds. The van der Waals surface area contributed by atoms with Crippen LogP contribution in [0, 0.1) is 5.82 Å². The molecule has 0 unspecified atom stereocenters. The highest BCUT2D eigenvalue weighted by Gasteiger charge is 1.90. The smallest absolute Gasteiger partial charge is 0.123 e. The molecule has 0 radical (unpaired) electrons. The quantitative estimate of drug-likeness (QED) is 0.721. The Kier molecular flexibility index (Phi) is 4.09. The second-order valence-electron chi connectivity index (χ2n) is 3.98. The van der Waals surface area contributed by atoms with Gasteiger partial charge in [-0.2, -0.15) is 0 Å². The van der Waals surface area contributed by atoms with Gasteiger partial charge in [0, 0.05) is 0 Å². The van der Waals surface area contributed by atoms with Gasteiger partial charge in [-0.15, -0.1) is 0 Å². The van der Waals surface area contributed by atoms with Crippen LogP contribution in [-0.2, 0) is 6.42 Å². The van der Waals surface area contributed by atoms with Crippen LogP contribution >= 0.6 is 0 Å². The van der Waals surface area contributed by atoms with Crippen LogP contribution in [0.3, 0.4) is 0 Å². The zero-order valence-electron chi connectivity index (χ0n) is 9.64. The van der Waals surface area contributed by atoms with E-state index in [1.807, 2.05) is 12.1 Å². The first-order chi connectivity index (χ1) is 8.34. The molecule has 0 saturated carbocycles. The van der Waals surface area contributed by atoms with Gasteiger partial charge >= 0.3 is 0 Å². The van der Waals surface area contributed by atoms with E-state index in [0.29, 0.717) is 0 Å². The summed E-state index contributed by atoms with van der Waals surface area (Å²) in [6.45, 7) is 0. The summed E-state index contributed by atoms with van der Waals surface area (Å²) in [6, 6.07) is 16.9. The summed E-state index contributed by atoms with van der Waals surface area (Å²) in [5.74, 6) is -0.188. The van der Waals surface area contributed by atoms with Gasteiger partial charge in [0.1, 0.15) is 5.82 Å². The van der Waals surface area contributed by atoms with Crippen LogP contribution in [0.5, 0.6) is 0 Å². The molecule has 0 N–H and O–H groups in total. The first kappa shape index (κ1) is 11.6. The van der Waals surface area contributed by atoms with Gasteiger partial charge in [0.15, 0.2) is 0 Å². The van der Waals surface area contributed by atoms with Crippen molar-refractivity contribution in [2.24, 2.45) is 0 Å². The maximum Gasteiger partial charge on any atom is 0.123 e. The molecule has 0 fully saturated rings. The maximum atomic E-state index is 12.7. The minimum Gasteiger partial charge on any atom is -0.207 e. The Morgan fingerprint density at radius 3 is 2.29 bits per heavy atom. The lowest BCUT2D eigenvalue weighted by Crippen LogP contribution is -1.81. The molecule has 0 aliphatic carbocycles. The standard InChI is InChI=1S/C16H15F/c17-16-12-10-15(11-13-16)9-5-4-8-14-6-2-1-3-7-14/h1-3,5-7,9-13H,4,8H2. The van der Waals surface area contributed by atoms with Crippen molar-refractivity contribution in [2.45, 2.75) is 12.8 Å². The Morgan fingerprint density at radius 1 is 0.882 bits per heavy atom. The number of rotatable bonds is 4. The van der Waals surface area contributed by atoms with Gasteiger partial charge in [-0.1, -0.05) is 54.6 Å². The molecule has 0 saturated heterocycles. The lowest BCUT2D eigenvalue weighted by Gasteiger charge is -1.97. The lowest BCUT2D eigenvalue weighted by atomic mass is 10.1. The number of halogens is 1. The van der Waals surface area contributed by atoms with Gasteiger partial charge in [0.2, 0.25) is 0 Å². The molecule has 2 aromatic carbocycles. The Labute approximate surface area is 101 Å². The molecule has 0 nitrogen and oxygen atoms in total. The van der Waals surface area contributed by atoms with E-state index in [4.69, 9.17) is 0 Å². The molecule has 0 spiro atoms. The summed E-state index contributed by atoms with van der Waals surface area (Å²) in [5, 5.41) is 0. The van der Waals surface area contributed by atoms with E-state index in [-0.39, 0.29) is 5.82 Å². The highest BCUT2D eigenvalue weighted by atomic mass is 19.1. The Balaban J connectivity index is 1.84. The molecular weight excluding hydrogens is 211 g/mol. The van der Waals surface area contributed by atoms with E-state index in [0.717, 1.165) is 18.4 Å². The normalized spacial score (nSPS) is 10.9. The molecule has 17 heavy (non-hydrogen) atoms. The van der Waals surface area contributed by atoms with Crippen molar-refractivity contribution < 1.29 is 4.39 Å². The summed E-state index contributed by atoms with van der Waals surface area (Å²) in [5.41, 5.74) is 2.38. The van der Waals surface area contributed by atoms with Gasteiger partial charge in [0.25, 0.3) is 0 Å². The highest BCUT2D eigenvalue weighted by Crippen LogP contribution is 2.07. The molecule has 0 aromatic heterocycles. The fourth-order valence-corrected chi connectivity index (χ4v) is 1.69. The maximum absolute atomic E-state index is 12.7. The minimum atomic E-state index is -0.188. The molecule has 0 aliphatic heterocycles. The van der Waals surface area contributed by atoms with E-state index in [1.165, 1.54) is 17.7 Å². The Morgan fingerprint density at radius 2 is 1.59 bits per heavy atom. The lowest BCUT2D eigenvalue weighted by molar-refractivity contribution is 0.628. The van der Waals surface area contributed by atoms with Crippen LogP contribution in [-0.4, -0.2) is 0 Å². The number of allylic oxidation sites excluding steroid dienone is 1. The summed E-state index contributed by atoms with van der Waals surface area (Å²) < 4.78 is 12.7.